The Bertz CT molecular complexity index is 353. The second-order valence-electron chi connectivity index (χ2n) is 4.72. The molecule has 0 radical (unpaired) electrons. The van der Waals surface area contributed by atoms with Crippen LogP contribution in [0.1, 0.15) is 37.8 Å². The highest BCUT2D eigenvalue weighted by atomic mass is 19.4. The molecule has 0 bridgehead atoms. The summed E-state index contributed by atoms with van der Waals surface area (Å²) >= 11 is 0. The van der Waals surface area contributed by atoms with E-state index < -0.39 is 12.6 Å². The number of alkyl halides is 3. The lowest BCUT2D eigenvalue weighted by Crippen LogP contribution is -2.32. The van der Waals surface area contributed by atoms with E-state index in [4.69, 9.17) is 0 Å². The average Bonchev–Trinajstić information content (AvgIpc) is 2.35. The van der Waals surface area contributed by atoms with Gasteiger partial charge in [0.05, 0.1) is 12.6 Å². The number of hydrogen-bond donors (Lipinski definition) is 2. The lowest BCUT2D eigenvalue weighted by molar-refractivity contribution is -0.135. The third-order valence-electron chi connectivity index (χ3n) is 2.97. The summed E-state index contributed by atoms with van der Waals surface area (Å²) in [4.78, 5) is 0. The first kappa shape index (κ1) is 16.0. The van der Waals surface area contributed by atoms with Crippen LogP contribution < -0.4 is 5.32 Å². The third-order valence-corrected chi connectivity index (χ3v) is 2.97. The van der Waals surface area contributed by atoms with Crippen molar-refractivity contribution in [3.8, 4) is 0 Å². The van der Waals surface area contributed by atoms with Crippen LogP contribution in [0.2, 0.25) is 0 Å². The molecule has 0 amide bonds. The maximum absolute atomic E-state index is 12.0. The largest absolute Gasteiger partial charge is 0.394 e. The maximum Gasteiger partial charge on any atom is 0.389 e. The number of aliphatic hydroxyl groups is 1. The molecule has 1 aromatic rings. The van der Waals surface area contributed by atoms with Gasteiger partial charge in [-0.1, -0.05) is 30.3 Å². The van der Waals surface area contributed by atoms with Crippen molar-refractivity contribution in [2.45, 2.75) is 44.4 Å². The molecule has 1 unspecified atom stereocenters. The standard InChI is InChI=1S/C14H20F3NO/c1-11(6-5-9-14(15,16)17)18-13(10-19)12-7-3-2-4-8-12/h2-4,7-8,11,13,18-19H,5-6,9-10H2,1H3/t11?,13-/m0/s1. The van der Waals surface area contributed by atoms with Crippen molar-refractivity contribution in [1.82, 2.24) is 5.32 Å². The van der Waals surface area contributed by atoms with E-state index in [0.717, 1.165) is 5.56 Å². The van der Waals surface area contributed by atoms with E-state index in [1.54, 1.807) is 0 Å². The van der Waals surface area contributed by atoms with Gasteiger partial charge >= 0.3 is 6.18 Å². The minimum atomic E-state index is -4.09. The average molecular weight is 275 g/mol. The fourth-order valence-corrected chi connectivity index (χ4v) is 1.98. The van der Waals surface area contributed by atoms with Crippen molar-refractivity contribution >= 4 is 0 Å². The highest BCUT2D eigenvalue weighted by Gasteiger charge is 2.26. The Morgan fingerprint density at radius 3 is 2.37 bits per heavy atom. The molecular weight excluding hydrogens is 255 g/mol. The van der Waals surface area contributed by atoms with Crippen molar-refractivity contribution in [2.75, 3.05) is 6.61 Å². The first-order chi connectivity index (χ1) is 8.92. The minimum absolute atomic E-state index is 0.0697. The SMILES string of the molecule is CC(CCCC(F)(F)F)N[C@@H](CO)c1ccccc1. The molecular formula is C14H20F3NO. The molecule has 0 aliphatic heterocycles. The van der Waals surface area contributed by atoms with Gasteiger partial charge in [0.25, 0.3) is 0 Å². The van der Waals surface area contributed by atoms with Gasteiger partial charge in [-0.2, -0.15) is 13.2 Å². The summed E-state index contributed by atoms with van der Waals surface area (Å²) in [5, 5.41) is 12.5. The van der Waals surface area contributed by atoms with Gasteiger partial charge in [-0.25, -0.2) is 0 Å². The van der Waals surface area contributed by atoms with Gasteiger partial charge in [0.2, 0.25) is 0 Å². The van der Waals surface area contributed by atoms with E-state index in [2.05, 4.69) is 5.32 Å². The highest BCUT2D eigenvalue weighted by Crippen LogP contribution is 2.23. The van der Waals surface area contributed by atoms with E-state index in [9.17, 15) is 18.3 Å². The van der Waals surface area contributed by atoms with Crippen molar-refractivity contribution in [2.24, 2.45) is 0 Å². The molecule has 19 heavy (non-hydrogen) atoms. The zero-order valence-corrected chi connectivity index (χ0v) is 11.0. The van der Waals surface area contributed by atoms with Crippen molar-refractivity contribution in [3.63, 3.8) is 0 Å². The van der Waals surface area contributed by atoms with Crippen LogP contribution in [0.4, 0.5) is 13.2 Å². The van der Waals surface area contributed by atoms with Crippen molar-refractivity contribution in [3.05, 3.63) is 35.9 Å². The first-order valence-electron chi connectivity index (χ1n) is 6.41. The molecule has 0 aliphatic rings. The van der Waals surface area contributed by atoms with Crippen LogP contribution in [0.25, 0.3) is 0 Å². The number of halogens is 3. The second kappa shape index (κ2) is 7.50. The van der Waals surface area contributed by atoms with Crippen LogP contribution in [0.5, 0.6) is 0 Å². The second-order valence-corrected chi connectivity index (χ2v) is 4.72. The summed E-state index contributed by atoms with van der Waals surface area (Å²) in [6, 6.07) is 9.08. The molecule has 0 fully saturated rings. The summed E-state index contributed by atoms with van der Waals surface area (Å²) in [7, 11) is 0. The van der Waals surface area contributed by atoms with Crippen molar-refractivity contribution < 1.29 is 18.3 Å². The predicted octanol–water partition coefficient (Wildman–Crippen LogP) is 3.43. The fraction of sp³-hybridized carbons (Fsp3) is 0.571. The topological polar surface area (TPSA) is 32.3 Å². The zero-order valence-electron chi connectivity index (χ0n) is 11.0. The molecule has 2 nitrogen and oxygen atoms in total. The van der Waals surface area contributed by atoms with Gasteiger partial charge in [0, 0.05) is 12.5 Å². The summed E-state index contributed by atoms with van der Waals surface area (Å²) in [6.07, 6.45) is -4.31. The van der Waals surface area contributed by atoms with Crippen LogP contribution in [0.15, 0.2) is 30.3 Å². The Hall–Kier alpha value is -1.07. The molecule has 0 saturated carbocycles. The van der Waals surface area contributed by atoms with Gasteiger partial charge in [0.15, 0.2) is 0 Å². The number of nitrogens with one attached hydrogen (secondary N) is 1. The van der Waals surface area contributed by atoms with Crippen molar-refractivity contribution in [1.29, 1.82) is 0 Å². The summed E-state index contributed by atoms with van der Waals surface area (Å²) in [5.74, 6) is 0. The lowest BCUT2D eigenvalue weighted by atomic mass is 10.0. The van der Waals surface area contributed by atoms with Crippen LogP contribution in [-0.2, 0) is 0 Å². The Morgan fingerprint density at radius 2 is 1.84 bits per heavy atom. The Kier molecular flexibility index (Phi) is 6.31. The molecule has 2 N–H and O–H groups in total. The number of rotatable bonds is 7. The summed E-state index contributed by atoms with van der Waals surface area (Å²) < 4.78 is 36.1. The van der Waals surface area contributed by atoms with Gasteiger partial charge in [-0.15, -0.1) is 0 Å². The van der Waals surface area contributed by atoms with Gasteiger partial charge in [-0.05, 0) is 25.3 Å². The monoisotopic (exact) mass is 275 g/mol. The molecule has 1 aromatic carbocycles. The molecule has 108 valence electrons. The van der Waals surface area contributed by atoms with E-state index in [1.165, 1.54) is 0 Å². The van der Waals surface area contributed by atoms with E-state index in [1.807, 2.05) is 37.3 Å². The quantitative estimate of drug-likeness (QED) is 0.799. The molecule has 0 saturated heterocycles. The van der Waals surface area contributed by atoms with Crippen LogP contribution >= 0.6 is 0 Å². The molecule has 5 heteroatoms. The Labute approximate surface area is 111 Å². The summed E-state index contributed by atoms with van der Waals surface area (Å²) in [5.41, 5.74) is 0.938. The number of hydrogen-bond acceptors (Lipinski definition) is 2. The Morgan fingerprint density at radius 1 is 1.21 bits per heavy atom. The van der Waals surface area contributed by atoms with Crippen LogP contribution in [0.3, 0.4) is 0 Å². The molecule has 2 atom stereocenters. The molecule has 0 spiro atoms. The maximum atomic E-state index is 12.0. The molecule has 0 heterocycles. The minimum Gasteiger partial charge on any atom is -0.394 e. The van der Waals surface area contributed by atoms with E-state index in [-0.39, 0.29) is 25.1 Å². The first-order valence-corrected chi connectivity index (χ1v) is 6.41. The van der Waals surface area contributed by atoms with Gasteiger partial charge in [0.1, 0.15) is 0 Å². The normalized spacial score (nSPS) is 15.2. The van der Waals surface area contributed by atoms with E-state index >= 15 is 0 Å². The fourth-order valence-electron chi connectivity index (χ4n) is 1.98. The van der Waals surface area contributed by atoms with Gasteiger partial charge < -0.3 is 10.4 Å². The lowest BCUT2D eigenvalue weighted by Gasteiger charge is -2.22. The van der Waals surface area contributed by atoms with E-state index in [0.29, 0.717) is 6.42 Å². The summed E-state index contributed by atoms with van der Waals surface area (Å²) in [6.45, 7) is 1.76. The predicted molar refractivity (Wildman–Crippen MR) is 68.8 cm³/mol. The molecule has 0 aliphatic carbocycles. The highest BCUT2D eigenvalue weighted by molar-refractivity contribution is 5.19. The third kappa shape index (κ3) is 6.59. The Balaban J connectivity index is 2.39. The number of aliphatic hydroxyl groups excluding tert-OH is 1. The van der Waals surface area contributed by atoms with Crippen LogP contribution in [0, 0.1) is 0 Å². The van der Waals surface area contributed by atoms with Crippen LogP contribution in [-0.4, -0.2) is 23.9 Å². The van der Waals surface area contributed by atoms with Gasteiger partial charge in [-0.3, -0.25) is 0 Å². The zero-order chi connectivity index (χ0) is 14.3. The number of benzene rings is 1. The molecule has 1 rings (SSSR count). The molecule has 0 aromatic heterocycles. The smallest absolute Gasteiger partial charge is 0.389 e.